The number of thiophene rings is 1. The van der Waals surface area contributed by atoms with Crippen molar-refractivity contribution in [3.63, 3.8) is 0 Å². The van der Waals surface area contributed by atoms with Crippen LogP contribution in [0.1, 0.15) is 53.9 Å². The number of carboxylic acid groups (broad SMARTS) is 1. The quantitative estimate of drug-likeness (QED) is 0.432. The van der Waals surface area contributed by atoms with Gasteiger partial charge in [0.1, 0.15) is 16.5 Å². The number of hydrogen-bond donors (Lipinski definition) is 3. The standard InChI is InChI=1S/C28H32N2O6S/c1-13(2)21-16-9-10-17(21)23(28(33)34)22(16)25(31)30-27-24(15-6-5-7-20(15)37-27)26(32)29-18-12-14(35-3)8-11-19(18)36-4/h8,11-12,16-17,22-23H,5-7,9-10H2,1-4H3,(H,29,32)(H,30,31)(H,33,34)/t16-,17+,22+,23-/m0/s1. The first-order chi connectivity index (χ1) is 17.7. The number of aryl methyl sites for hydroxylation is 1. The van der Waals surface area contributed by atoms with Gasteiger partial charge in [-0.1, -0.05) is 11.1 Å². The van der Waals surface area contributed by atoms with E-state index >= 15 is 0 Å². The van der Waals surface area contributed by atoms with Crippen LogP contribution in [0.15, 0.2) is 29.3 Å². The molecule has 2 aromatic rings. The fourth-order valence-corrected chi connectivity index (χ4v) is 7.92. The molecule has 0 saturated heterocycles. The highest BCUT2D eigenvalue weighted by Gasteiger charge is 2.57. The Morgan fingerprint density at radius 2 is 1.73 bits per heavy atom. The zero-order chi connectivity index (χ0) is 26.4. The van der Waals surface area contributed by atoms with E-state index < -0.39 is 17.8 Å². The number of hydrogen-bond acceptors (Lipinski definition) is 6. The highest BCUT2D eigenvalue weighted by atomic mass is 32.1. The van der Waals surface area contributed by atoms with Crippen molar-refractivity contribution in [2.75, 3.05) is 24.9 Å². The summed E-state index contributed by atoms with van der Waals surface area (Å²) < 4.78 is 10.7. The summed E-state index contributed by atoms with van der Waals surface area (Å²) in [7, 11) is 3.08. The first-order valence-electron chi connectivity index (χ1n) is 12.6. The van der Waals surface area contributed by atoms with Crippen LogP contribution in [-0.2, 0) is 22.4 Å². The Morgan fingerprint density at radius 3 is 2.38 bits per heavy atom. The number of ether oxygens (including phenoxy) is 2. The second-order valence-corrected chi connectivity index (χ2v) is 11.3. The molecule has 2 saturated carbocycles. The molecule has 1 aromatic carbocycles. The van der Waals surface area contributed by atoms with Crippen LogP contribution < -0.4 is 20.1 Å². The third kappa shape index (κ3) is 4.29. The van der Waals surface area contributed by atoms with Gasteiger partial charge in [-0.2, -0.15) is 0 Å². The fraction of sp³-hybridized carbons (Fsp3) is 0.464. The molecule has 1 aromatic heterocycles. The summed E-state index contributed by atoms with van der Waals surface area (Å²) in [4.78, 5) is 40.6. The molecule has 196 valence electrons. The molecule has 8 nitrogen and oxygen atoms in total. The second kappa shape index (κ2) is 9.85. The van der Waals surface area contributed by atoms with Crippen molar-refractivity contribution < 1.29 is 29.0 Å². The lowest BCUT2D eigenvalue weighted by Crippen LogP contribution is -2.38. The van der Waals surface area contributed by atoms with E-state index in [1.54, 1.807) is 25.3 Å². The van der Waals surface area contributed by atoms with Gasteiger partial charge in [0.15, 0.2) is 0 Å². The molecule has 37 heavy (non-hydrogen) atoms. The van der Waals surface area contributed by atoms with Gasteiger partial charge >= 0.3 is 5.97 Å². The van der Waals surface area contributed by atoms with Crippen LogP contribution in [0.5, 0.6) is 11.5 Å². The van der Waals surface area contributed by atoms with Crippen LogP contribution in [-0.4, -0.2) is 37.1 Å². The summed E-state index contributed by atoms with van der Waals surface area (Å²) in [6.07, 6.45) is 4.18. The van der Waals surface area contributed by atoms with Gasteiger partial charge in [-0.25, -0.2) is 0 Å². The summed E-state index contributed by atoms with van der Waals surface area (Å²) >= 11 is 1.42. The van der Waals surface area contributed by atoms with Crippen molar-refractivity contribution in [2.45, 2.75) is 46.0 Å². The molecule has 0 unspecified atom stereocenters. The summed E-state index contributed by atoms with van der Waals surface area (Å²) in [5.74, 6) is -2.07. The predicted octanol–water partition coefficient (Wildman–Crippen LogP) is 5.14. The molecular formula is C28H32N2O6S. The number of rotatable bonds is 7. The van der Waals surface area contributed by atoms with Crippen molar-refractivity contribution >= 4 is 39.8 Å². The van der Waals surface area contributed by atoms with Crippen LogP contribution in [0, 0.1) is 23.7 Å². The number of methoxy groups -OCH3 is 2. The van der Waals surface area contributed by atoms with E-state index in [0.29, 0.717) is 27.8 Å². The second-order valence-electron chi connectivity index (χ2n) is 10.2. The van der Waals surface area contributed by atoms with E-state index in [0.717, 1.165) is 53.7 Å². The minimum Gasteiger partial charge on any atom is -0.497 e. The summed E-state index contributed by atoms with van der Waals surface area (Å²) in [6, 6.07) is 5.16. The molecular weight excluding hydrogens is 492 g/mol. The number of carbonyl (C=O) groups excluding carboxylic acids is 2. The third-order valence-electron chi connectivity index (χ3n) is 8.05. The maximum absolute atomic E-state index is 13.7. The molecule has 9 heteroatoms. The van der Waals surface area contributed by atoms with Gasteiger partial charge in [-0.05, 0) is 75.5 Å². The fourth-order valence-electron chi connectivity index (χ4n) is 6.63. The number of anilines is 2. The molecule has 2 amide bonds. The van der Waals surface area contributed by atoms with Gasteiger partial charge in [0.05, 0.1) is 37.3 Å². The number of carbonyl (C=O) groups is 3. The van der Waals surface area contributed by atoms with Gasteiger partial charge in [-0.3, -0.25) is 14.4 Å². The third-order valence-corrected chi connectivity index (χ3v) is 9.25. The lowest BCUT2D eigenvalue weighted by Gasteiger charge is -2.26. The van der Waals surface area contributed by atoms with E-state index in [-0.39, 0.29) is 23.7 Å². The zero-order valence-electron chi connectivity index (χ0n) is 21.5. The molecule has 3 aliphatic carbocycles. The highest BCUT2D eigenvalue weighted by Crippen LogP contribution is 2.57. The molecule has 2 bridgehead atoms. The number of fused-ring (bicyclic) bond motifs is 3. The summed E-state index contributed by atoms with van der Waals surface area (Å²) in [5, 5.41) is 16.5. The number of aliphatic carboxylic acids is 1. The Bertz CT molecular complexity index is 1310. The van der Waals surface area contributed by atoms with Gasteiger partial charge in [0.25, 0.3) is 5.91 Å². The Labute approximate surface area is 220 Å². The highest BCUT2D eigenvalue weighted by molar-refractivity contribution is 7.17. The smallest absolute Gasteiger partial charge is 0.307 e. The minimum absolute atomic E-state index is 0.0683. The van der Waals surface area contributed by atoms with Crippen LogP contribution in [0.3, 0.4) is 0 Å². The Balaban J connectivity index is 1.46. The SMILES string of the molecule is COc1ccc(OC)c(NC(=O)c2c(NC(=O)[C@H]3[C@@H](C(=O)O)[C@@H]4CC[C@H]3C4=C(C)C)sc3c2CCC3)c1. The lowest BCUT2D eigenvalue weighted by molar-refractivity contribution is -0.148. The van der Waals surface area contributed by atoms with E-state index in [2.05, 4.69) is 10.6 Å². The van der Waals surface area contributed by atoms with Gasteiger partial charge < -0.3 is 25.2 Å². The van der Waals surface area contributed by atoms with Gasteiger partial charge in [0, 0.05) is 10.9 Å². The number of amides is 2. The first-order valence-corrected chi connectivity index (χ1v) is 13.5. The van der Waals surface area contributed by atoms with Crippen LogP contribution >= 0.6 is 11.3 Å². The van der Waals surface area contributed by atoms with E-state index in [4.69, 9.17) is 9.47 Å². The Morgan fingerprint density at radius 1 is 1.00 bits per heavy atom. The topological polar surface area (TPSA) is 114 Å². The molecule has 3 N–H and O–H groups in total. The lowest BCUT2D eigenvalue weighted by atomic mass is 9.79. The number of benzene rings is 1. The molecule has 1 heterocycles. The van der Waals surface area contributed by atoms with E-state index in [1.165, 1.54) is 18.4 Å². The maximum atomic E-state index is 13.7. The largest absolute Gasteiger partial charge is 0.497 e. The predicted molar refractivity (Wildman–Crippen MR) is 142 cm³/mol. The Hall–Kier alpha value is -3.33. The average molecular weight is 525 g/mol. The van der Waals surface area contributed by atoms with Gasteiger partial charge in [0.2, 0.25) is 5.91 Å². The first kappa shape index (κ1) is 25.3. The molecule has 0 radical (unpaired) electrons. The van der Waals surface area contributed by atoms with E-state index in [1.807, 2.05) is 13.8 Å². The minimum atomic E-state index is -0.928. The average Bonchev–Trinajstić information content (AvgIpc) is 3.62. The zero-order valence-corrected chi connectivity index (χ0v) is 22.3. The summed E-state index contributed by atoms with van der Waals surface area (Å²) in [6.45, 7) is 4.00. The number of nitrogens with one attached hydrogen (secondary N) is 2. The van der Waals surface area contributed by atoms with Crippen molar-refractivity contribution in [1.29, 1.82) is 0 Å². The number of allylic oxidation sites excluding steroid dienone is 2. The molecule has 2 fully saturated rings. The van der Waals surface area contributed by atoms with E-state index in [9.17, 15) is 19.5 Å². The van der Waals surface area contributed by atoms with Gasteiger partial charge in [-0.15, -0.1) is 11.3 Å². The Kier molecular flexibility index (Phi) is 6.74. The van der Waals surface area contributed by atoms with Crippen LogP contribution in [0.4, 0.5) is 10.7 Å². The monoisotopic (exact) mass is 524 g/mol. The molecule has 0 spiro atoms. The van der Waals surface area contributed by atoms with Crippen molar-refractivity contribution in [2.24, 2.45) is 23.7 Å². The normalized spacial score (nSPS) is 23.5. The maximum Gasteiger partial charge on any atom is 0.307 e. The summed E-state index contributed by atoms with van der Waals surface area (Å²) in [5.41, 5.74) is 4.11. The number of carboxylic acids is 1. The van der Waals surface area contributed by atoms with Crippen molar-refractivity contribution in [3.8, 4) is 11.5 Å². The molecule has 0 aliphatic heterocycles. The van der Waals surface area contributed by atoms with Crippen molar-refractivity contribution in [3.05, 3.63) is 45.3 Å². The molecule has 4 atom stereocenters. The molecule has 3 aliphatic rings. The molecule has 5 rings (SSSR count). The van der Waals surface area contributed by atoms with Crippen LogP contribution in [0.2, 0.25) is 0 Å². The van der Waals surface area contributed by atoms with Crippen LogP contribution in [0.25, 0.3) is 0 Å². The van der Waals surface area contributed by atoms with Crippen molar-refractivity contribution in [1.82, 2.24) is 0 Å².